The summed E-state index contributed by atoms with van der Waals surface area (Å²) in [6.45, 7) is 6.04. The molecule has 31 heavy (non-hydrogen) atoms. The molecule has 0 aliphatic rings. The Balaban J connectivity index is 2.07. The van der Waals surface area contributed by atoms with Gasteiger partial charge in [0.25, 0.3) is 0 Å². The molecule has 0 bridgehead atoms. The van der Waals surface area contributed by atoms with E-state index in [1.54, 1.807) is 36.1 Å². The topological polar surface area (TPSA) is 49.4 Å². The summed E-state index contributed by atoms with van der Waals surface area (Å²) >= 11 is 19.5. The number of halogens is 3. The average molecular weight is 502 g/mol. The van der Waals surface area contributed by atoms with Crippen molar-refractivity contribution in [3.8, 4) is 0 Å². The number of carbonyl (C=O) groups excluding carboxylic acids is 2. The molecule has 0 unspecified atom stereocenters. The van der Waals surface area contributed by atoms with Gasteiger partial charge in [0, 0.05) is 23.4 Å². The van der Waals surface area contributed by atoms with Crippen molar-refractivity contribution in [2.45, 2.75) is 51.6 Å². The first-order valence-electron chi connectivity index (χ1n) is 10.1. The lowest BCUT2D eigenvalue weighted by molar-refractivity contribution is -0.138. The van der Waals surface area contributed by atoms with Gasteiger partial charge in [-0.05, 0) is 55.7 Å². The molecular weight excluding hydrogens is 475 g/mol. The van der Waals surface area contributed by atoms with E-state index in [2.05, 4.69) is 5.32 Å². The van der Waals surface area contributed by atoms with Gasteiger partial charge in [-0.3, -0.25) is 9.59 Å². The van der Waals surface area contributed by atoms with E-state index >= 15 is 0 Å². The largest absolute Gasteiger partial charge is 0.352 e. The maximum atomic E-state index is 13.1. The summed E-state index contributed by atoms with van der Waals surface area (Å²) in [4.78, 5) is 27.4. The number of hydrogen-bond donors (Lipinski definition) is 1. The Hall–Kier alpha value is -1.40. The SMILES string of the molecule is CC[C@H](C)NC(=O)[C@@H](C)N(Cc1ccc(Cl)cc1)C(=O)CSCc1ccc(Cl)c(Cl)c1. The van der Waals surface area contributed by atoms with Gasteiger partial charge in [-0.2, -0.15) is 0 Å². The van der Waals surface area contributed by atoms with E-state index < -0.39 is 6.04 Å². The van der Waals surface area contributed by atoms with E-state index in [4.69, 9.17) is 34.8 Å². The third-order valence-corrected chi connectivity index (χ3v) is 6.89. The molecule has 0 aliphatic carbocycles. The van der Waals surface area contributed by atoms with E-state index in [9.17, 15) is 9.59 Å². The Morgan fingerprint density at radius 1 is 1.00 bits per heavy atom. The minimum atomic E-state index is -0.595. The van der Waals surface area contributed by atoms with E-state index in [-0.39, 0.29) is 23.6 Å². The number of carbonyl (C=O) groups is 2. The summed E-state index contributed by atoms with van der Waals surface area (Å²) in [5, 5.41) is 4.58. The summed E-state index contributed by atoms with van der Waals surface area (Å²) in [5.74, 6) is 0.595. The van der Waals surface area contributed by atoms with Crippen molar-refractivity contribution >= 4 is 58.4 Å². The molecule has 0 spiro atoms. The van der Waals surface area contributed by atoms with Gasteiger partial charge >= 0.3 is 0 Å². The Morgan fingerprint density at radius 2 is 1.65 bits per heavy atom. The van der Waals surface area contributed by atoms with Crippen molar-refractivity contribution < 1.29 is 9.59 Å². The Bertz CT molecular complexity index is 893. The van der Waals surface area contributed by atoms with E-state index in [0.29, 0.717) is 27.4 Å². The molecule has 0 radical (unpaired) electrons. The molecule has 0 fully saturated rings. The van der Waals surface area contributed by atoms with Crippen LogP contribution in [0.1, 0.15) is 38.3 Å². The van der Waals surface area contributed by atoms with Crippen molar-refractivity contribution in [1.82, 2.24) is 10.2 Å². The lowest BCUT2D eigenvalue weighted by Crippen LogP contribution is -2.50. The molecule has 168 valence electrons. The van der Waals surface area contributed by atoms with Gasteiger partial charge in [-0.15, -0.1) is 11.8 Å². The van der Waals surface area contributed by atoms with Crippen LogP contribution in [0.3, 0.4) is 0 Å². The van der Waals surface area contributed by atoms with Crippen LogP contribution in [0.5, 0.6) is 0 Å². The third-order valence-electron chi connectivity index (χ3n) is 4.91. The average Bonchev–Trinajstić information content (AvgIpc) is 2.75. The minimum Gasteiger partial charge on any atom is -0.352 e. The molecule has 0 saturated heterocycles. The maximum absolute atomic E-state index is 13.1. The van der Waals surface area contributed by atoms with Crippen LogP contribution in [0.15, 0.2) is 42.5 Å². The summed E-state index contributed by atoms with van der Waals surface area (Å²) < 4.78 is 0. The summed E-state index contributed by atoms with van der Waals surface area (Å²) in [5.41, 5.74) is 1.90. The van der Waals surface area contributed by atoms with Crippen LogP contribution in [0.4, 0.5) is 0 Å². The number of rotatable bonds is 10. The molecule has 2 atom stereocenters. The summed E-state index contributed by atoms with van der Waals surface area (Å²) in [6.07, 6.45) is 0.823. The molecule has 1 N–H and O–H groups in total. The zero-order chi connectivity index (χ0) is 23.0. The van der Waals surface area contributed by atoms with Crippen LogP contribution in [0.25, 0.3) is 0 Å². The quantitative estimate of drug-likeness (QED) is 0.421. The molecule has 4 nitrogen and oxygen atoms in total. The molecule has 0 heterocycles. The van der Waals surface area contributed by atoms with Crippen LogP contribution in [0, 0.1) is 0 Å². The molecule has 2 aromatic rings. The van der Waals surface area contributed by atoms with Gasteiger partial charge in [0.15, 0.2) is 0 Å². The van der Waals surface area contributed by atoms with Crippen LogP contribution in [-0.4, -0.2) is 34.6 Å². The van der Waals surface area contributed by atoms with Crippen LogP contribution >= 0.6 is 46.6 Å². The first kappa shape index (κ1) is 25.9. The van der Waals surface area contributed by atoms with Crippen molar-refractivity contribution in [3.63, 3.8) is 0 Å². The van der Waals surface area contributed by atoms with Gasteiger partial charge in [-0.25, -0.2) is 0 Å². The highest BCUT2D eigenvalue weighted by molar-refractivity contribution is 7.99. The van der Waals surface area contributed by atoms with Gasteiger partial charge in [0.2, 0.25) is 11.8 Å². The van der Waals surface area contributed by atoms with E-state index in [0.717, 1.165) is 17.5 Å². The highest BCUT2D eigenvalue weighted by Gasteiger charge is 2.26. The normalized spacial score (nSPS) is 12.8. The fourth-order valence-corrected chi connectivity index (χ4v) is 4.11. The molecule has 0 saturated carbocycles. The molecule has 2 amide bonds. The van der Waals surface area contributed by atoms with Crippen LogP contribution in [-0.2, 0) is 21.9 Å². The fraction of sp³-hybridized carbons (Fsp3) is 0.391. The molecule has 0 aliphatic heterocycles. The van der Waals surface area contributed by atoms with Gasteiger partial charge < -0.3 is 10.2 Å². The smallest absolute Gasteiger partial charge is 0.242 e. The van der Waals surface area contributed by atoms with Gasteiger partial charge in [0.05, 0.1) is 15.8 Å². The van der Waals surface area contributed by atoms with Crippen molar-refractivity contribution in [2.24, 2.45) is 0 Å². The number of amides is 2. The first-order chi connectivity index (χ1) is 14.7. The maximum Gasteiger partial charge on any atom is 0.242 e. The number of nitrogens with one attached hydrogen (secondary N) is 1. The Morgan fingerprint density at radius 3 is 2.26 bits per heavy atom. The third kappa shape index (κ3) is 8.23. The van der Waals surface area contributed by atoms with Crippen LogP contribution < -0.4 is 5.32 Å². The second kappa shape index (κ2) is 12.6. The minimum absolute atomic E-state index is 0.0477. The predicted octanol–water partition coefficient (Wildman–Crippen LogP) is 6.21. The van der Waals surface area contributed by atoms with Crippen molar-refractivity contribution in [1.29, 1.82) is 0 Å². The van der Waals surface area contributed by atoms with Gasteiger partial charge in [-0.1, -0.05) is 59.9 Å². The zero-order valence-electron chi connectivity index (χ0n) is 17.8. The summed E-state index contributed by atoms with van der Waals surface area (Å²) in [6, 6.07) is 12.2. The summed E-state index contributed by atoms with van der Waals surface area (Å²) in [7, 11) is 0. The second-order valence-electron chi connectivity index (χ2n) is 7.38. The van der Waals surface area contributed by atoms with Crippen molar-refractivity contribution in [2.75, 3.05) is 5.75 Å². The lowest BCUT2D eigenvalue weighted by Gasteiger charge is -2.29. The molecule has 0 aromatic heterocycles. The lowest BCUT2D eigenvalue weighted by atomic mass is 10.1. The fourth-order valence-electron chi connectivity index (χ4n) is 2.80. The molecular formula is C23H27Cl3N2O2S. The number of hydrogen-bond acceptors (Lipinski definition) is 3. The van der Waals surface area contributed by atoms with Crippen LogP contribution in [0.2, 0.25) is 15.1 Å². The molecule has 2 aromatic carbocycles. The van der Waals surface area contributed by atoms with E-state index in [1.807, 2.05) is 32.0 Å². The molecule has 8 heteroatoms. The standard InChI is InChI=1S/C23H27Cl3N2O2S/c1-4-15(2)27-23(30)16(3)28(12-17-5-8-19(24)9-6-17)22(29)14-31-13-18-7-10-20(25)21(26)11-18/h5-11,15-16H,4,12-14H2,1-3H3,(H,27,30)/t15-,16+/m0/s1. The van der Waals surface area contributed by atoms with Gasteiger partial charge in [0.1, 0.15) is 6.04 Å². The second-order valence-corrected chi connectivity index (χ2v) is 9.62. The number of nitrogens with zero attached hydrogens (tertiary/aromatic N) is 1. The Kier molecular flexibility index (Phi) is 10.5. The highest BCUT2D eigenvalue weighted by atomic mass is 35.5. The number of thioether (sulfide) groups is 1. The predicted molar refractivity (Wildman–Crippen MR) is 132 cm³/mol. The zero-order valence-corrected chi connectivity index (χ0v) is 20.9. The molecule has 2 rings (SSSR count). The monoisotopic (exact) mass is 500 g/mol. The first-order valence-corrected chi connectivity index (χ1v) is 12.4. The highest BCUT2D eigenvalue weighted by Crippen LogP contribution is 2.25. The Labute approximate surface area is 203 Å². The van der Waals surface area contributed by atoms with Crippen molar-refractivity contribution in [3.05, 3.63) is 68.7 Å². The number of benzene rings is 2. The van der Waals surface area contributed by atoms with E-state index in [1.165, 1.54) is 11.8 Å².